The molecule has 2 aromatic carbocycles. The zero-order chi connectivity index (χ0) is 19.1. The molecule has 5 heteroatoms. The average Bonchev–Trinajstić information content (AvgIpc) is 2.55. The third-order valence-electron chi connectivity index (χ3n) is 3.99. The zero-order valence-corrected chi connectivity index (χ0v) is 15.4. The number of hydrogen-bond acceptors (Lipinski definition) is 3. The highest BCUT2D eigenvalue weighted by Crippen LogP contribution is 2.19. The van der Waals surface area contributed by atoms with Gasteiger partial charge in [-0.3, -0.25) is 9.59 Å². The minimum atomic E-state index is -0.967. The van der Waals surface area contributed by atoms with E-state index in [2.05, 4.69) is 5.32 Å². The Hall–Kier alpha value is -2.82. The fraction of sp³-hybridized carbons (Fsp3) is 0.333. The van der Waals surface area contributed by atoms with Crippen LogP contribution in [0.5, 0.6) is 5.75 Å². The van der Waals surface area contributed by atoms with Gasteiger partial charge in [0.05, 0.1) is 12.5 Å². The Labute approximate surface area is 154 Å². The molecule has 1 atom stereocenters. The highest BCUT2D eigenvalue weighted by Gasteiger charge is 2.22. The Balaban J connectivity index is 2.00. The SMILES string of the molecule is CCOc1ccc(NC(=O)C[C@@H](Cc2cc(C)cc(C)c2)C(=O)O)cc1. The lowest BCUT2D eigenvalue weighted by atomic mass is 9.94. The molecule has 138 valence electrons. The molecule has 0 aliphatic rings. The summed E-state index contributed by atoms with van der Waals surface area (Å²) >= 11 is 0. The second-order valence-corrected chi connectivity index (χ2v) is 6.44. The predicted molar refractivity (Wildman–Crippen MR) is 102 cm³/mol. The Bertz CT molecular complexity index is 748. The van der Waals surface area contributed by atoms with Gasteiger partial charge in [0.2, 0.25) is 5.91 Å². The number of anilines is 1. The van der Waals surface area contributed by atoms with Crippen molar-refractivity contribution in [1.29, 1.82) is 0 Å². The second kappa shape index (κ2) is 9.04. The lowest BCUT2D eigenvalue weighted by Crippen LogP contribution is -2.24. The van der Waals surface area contributed by atoms with Crippen LogP contribution in [-0.4, -0.2) is 23.6 Å². The third-order valence-corrected chi connectivity index (χ3v) is 3.99. The largest absolute Gasteiger partial charge is 0.494 e. The first-order chi connectivity index (χ1) is 12.4. The number of aryl methyl sites for hydroxylation is 2. The summed E-state index contributed by atoms with van der Waals surface area (Å²) < 4.78 is 5.36. The summed E-state index contributed by atoms with van der Waals surface area (Å²) in [5.41, 5.74) is 3.73. The van der Waals surface area contributed by atoms with Gasteiger partial charge in [-0.25, -0.2) is 0 Å². The number of carboxylic acids is 1. The van der Waals surface area contributed by atoms with Crippen LogP contribution in [-0.2, 0) is 16.0 Å². The summed E-state index contributed by atoms with van der Waals surface area (Å²) in [5.74, 6) is -1.32. The highest BCUT2D eigenvalue weighted by atomic mass is 16.5. The number of ether oxygens (including phenoxy) is 1. The van der Waals surface area contributed by atoms with Crippen LogP contribution in [0.2, 0.25) is 0 Å². The Morgan fingerprint density at radius 1 is 1.08 bits per heavy atom. The summed E-state index contributed by atoms with van der Waals surface area (Å²) in [4.78, 5) is 23.8. The van der Waals surface area contributed by atoms with Crippen LogP contribution in [0, 0.1) is 19.8 Å². The van der Waals surface area contributed by atoms with Gasteiger partial charge in [0, 0.05) is 12.1 Å². The maximum absolute atomic E-state index is 12.3. The summed E-state index contributed by atoms with van der Waals surface area (Å²) in [7, 11) is 0. The van der Waals surface area contributed by atoms with Crippen LogP contribution in [0.15, 0.2) is 42.5 Å². The maximum Gasteiger partial charge on any atom is 0.307 e. The van der Waals surface area contributed by atoms with E-state index in [4.69, 9.17) is 4.74 Å². The number of carboxylic acid groups (broad SMARTS) is 1. The third kappa shape index (κ3) is 5.92. The first-order valence-corrected chi connectivity index (χ1v) is 8.70. The lowest BCUT2D eigenvalue weighted by molar-refractivity contribution is -0.143. The molecule has 5 nitrogen and oxygen atoms in total. The fourth-order valence-corrected chi connectivity index (χ4v) is 2.96. The van der Waals surface area contributed by atoms with Crippen molar-refractivity contribution in [3.05, 3.63) is 59.2 Å². The van der Waals surface area contributed by atoms with E-state index < -0.39 is 11.9 Å². The molecule has 0 aromatic heterocycles. The van der Waals surface area contributed by atoms with Crippen LogP contribution in [0.25, 0.3) is 0 Å². The van der Waals surface area contributed by atoms with Crippen LogP contribution < -0.4 is 10.1 Å². The number of hydrogen-bond donors (Lipinski definition) is 2. The van der Waals surface area contributed by atoms with Gasteiger partial charge in [0.1, 0.15) is 5.75 Å². The quantitative estimate of drug-likeness (QED) is 0.751. The van der Waals surface area contributed by atoms with E-state index in [1.54, 1.807) is 24.3 Å². The van der Waals surface area contributed by atoms with Gasteiger partial charge < -0.3 is 15.2 Å². The molecule has 0 heterocycles. The summed E-state index contributed by atoms with van der Waals surface area (Å²) in [5, 5.41) is 12.2. The van der Waals surface area contributed by atoms with Crippen molar-refractivity contribution >= 4 is 17.6 Å². The number of aliphatic carboxylic acids is 1. The van der Waals surface area contributed by atoms with Crippen LogP contribution in [0.4, 0.5) is 5.69 Å². The van der Waals surface area contributed by atoms with E-state index in [0.29, 0.717) is 18.7 Å². The molecule has 2 rings (SSSR count). The molecule has 0 fully saturated rings. The molecule has 0 unspecified atom stereocenters. The van der Waals surface area contributed by atoms with Gasteiger partial charge in [-0.15, -0.1) is 0 Å². The van der Waals surface area contributed by atoms with Gasteiger partial charge in [0.25, 0.3) is 0 Å². The number of nitrogens with one attached hydrogen (secondary N) is 1. The average molecular weight is 355 g/mol. The highest BCUT2D eigenvalue weighted by molar-refractivity contribution is 5.93. The van der Waals surface area contributed by atoms with E-state index in [1.807, 2.05) is 39.0 Å². The monoisotopic (exact) mass is 355 g/mol. The molecule has 0 saturated carbocycles. The number of benzene rings is 2. The van der Waals surface area contributed by atoms with Gasteiger partial charge in [-0.1, -0.05) is 29.3 Å². The summed E-state index contributed by atoms with van der Waals surface area (Å²) in [6.07, 6.45) is 0.254. The number of carbonyl (C=O) groups is 2. The van der Waals surface area contributed by atoms with Crippen LogP contribution in [0.3, 0.4) is 0 Å². The second-order valence-electron chi connectivity index (χ2n) is 6.44. The van der Waals surface area contributed by atoms with Gasteiger partial charge in [0.15, 0.2) is 0 Å². The van der Waals surface area contributed by atoms with Crippen molar-refractivity contribution in [3.8, 4) is 5.75 Å². The van der Waals surface area contributed by atoms with E-state index in [-0.39, 0.29) is 12.3 Å². The van der Waals surface area contributed by atoms with E-state index in [1.165, 1.54) is 0 Å². The summed E-state index contributed by atoms with van der Waals surface area (Å²) in [6, 6.07) is 13.0. The fourth-order valence-electron chi connectivity index (χ4n) is 2.96. The summed E-state index contributed by atoms with van der Waals surface area (Å²) in [6.45, 7) is 6.43. The van der Waals surface area contributed by atoms with Gasteiger partial charge >= 0.3 is 5.97 Å². The minimum absolute atomic E-state index is 0.0739. The normalized spacial score (nSPS) is 11.7. The Morgan fingerprint density at radius 2 is 1.69 bits per heavy atom. The molecule has 2 N–H and O–H groups in total. The van der Waals surface area contributed by atoms with E-state index >= 15 is 0 Å². The van der Waals surface area contributed by atoms with Crippen molar-refractivity contribution in [3.63, 3.8) is 0 Å². The molecular formula is C21H25NO4. The first-order valence-electron chi connectivity index (χ1n) is 8.70. The topological polar surface area (TPSA) is 75.6 Å². The minimum Gasteiger partial charge on any atom is -0.494 e. The molecule has 0 spiro atoms. The van der Waals surface area contributed by atoms with Gasteiger partial charge in [-0.05, 0) is 57.0 Å². The van der Waals surface area contributed by atoms with Crippen LogP contribution >= 0.6 is 0 Å². The Morgan fingerprint density at radius 3 is 2.23 bits per heavy atom. The molecule has 0 saturated heterocycles. The lowest BCUT2D eigenvalue weighted by Gasteiger charge is -2.14. The number of rotatable bonds is 8. The smallest absolute Gasteiger partial charge is 0.307 e. The molecule has 0 aliphatic heterocycles. The molecule has 26 heavy (non-hydrogen) atoms. The van der Waals surface area contributed by atoms with Crippen molar-refractivity contribution in [2.24, 2.45) is 5.92 Å². The number of amides is 1. The molecular weight excluding hydrogens is 330 g/mol. The predicted octanol–water partition coefficient (Wildman–Crippen LogP) is 3.97. The van der Waals surface area contributed by atoms with Crippen molar-refractivity contribution in [2.45, 2.75) is 33.6 Å². The molecule has 1 amide bonds. The van der Waals surface area contributed by atoms with Crippen molar-refractivity contribution in [1.82, 2.24) is 0 Å². The standard InChI is InChI=1S/C21H25NO4/c1-4-26-19-7-5-18(6-8-19)22-20(23)13-17(21(24)25)12-16-10-14(2)9-15(3)11-16/h5-11,17H,4,12-13H2,1-3H3,(H,22,23)(H,24,25)/t17-/m1/s1. The van der Waals surface area contributed by atoms with Gasteiger partial charge in [-0.2, -0.15) is 0 Å². The molecule has 0 aliphatic carbocycles. The Kier molecular flexibility index (Phi) is 6.78. The molecule has 0 radical (unpaired) electrons. The zero-order valence-electron chi connectivity index (χ0n) is 15.4. The van der Waals surface area contributed by atoms with E-state index in [9.17, 15) is 14.7 Å². The molecule has 2 aromatic rings. The first kappa shape index (κ1) is 19.5. The van der Waals surface area contributed by atoms with Crippen molar-refractivity contribution < 1.29 is 19.4 Å². The maximum atomic E-state index is 12.3. The molecule has 0 bridgehead atoms. The van der Waals surface area contributed by atoms with Crippen LogP contribution in [0.1, 0.15) is 30.0 Å². The van der Waals surface area contributed by atoms with E-state index in [0.717, 1.165) is 22.4 Å². The van der Waals surface area contributed by atoms with Crippen molar-refractivity contribution in [2.75, 3.05) is 11.9 Å². The number of carbonyl (C=O) groups excluding carboxylic acids is 1.